The van der Waals surface area contributed by atoms with Gasteiger partial charge in [-0.15, -0.1) is 0 Å². The van der Waals surface area contributed by atoms with E-state index < -0.39 is 23.9 Å². The number of rotatable bonds is 11. The van der Waals surface area contributed by atoms with Crippen molar-refractivity contribution in [3.05, 3.63) is 59.7 Å². The van der Waals surface area contributed by atoms with Crippen LogP contribution < -0.4 is 10.1 Å². The zero-order valence-electron chi connectivity index (χ0n) is 18.4. The predicted octanol–water partition coefficient (Wildman–Crippen LogP) is 5.03. The first kappa shape index (κ1) is 22.3. The van der Waals surface area contributed by atoms with E-state index in [4.69, 9.17) is 4.74 Å². The van der Waals surface area contributed by atoms with Gasteiger partial charge in [-0.3, -0.25) is 9.59 Å². The number of carboxylic acid groups (broad SMARTS) is 2. The Balaban J connectivity index is 1.51. The molecule has 1 aliphatic heterocycles. The summed E-state index contributed by atoms with van der Waals surface area (Å²) in [4.78, 5) is 23.9. The van der Waals surface area contributed by atoms with Crippen LogP contribution in [0.3, 0.4) is 0 Å². The molecule has 1 heterocycles. The van der Waals surface area contributed by atoms with Gasteiger partial charge in [-0.2, -0.15) is 0 Å². The quantitative estimate of drug-likeness (QED) is 0.427. The summed E-state index contributed by atoms with van der Waals surface area (Å²) in [5, 5.41) is 22.8. The minimum atomic E-state index is -0.952. The lowest BCUT2D eigenvalue weighted by Gasteiger charge is -2.30. The van der Waals surface area contributed by atoms with Crippen LogP contribution in [0, 0.1) is 11.8 Å². The Kier molecular flexibility index (Phi) is 6.80. The number of fused-ring (bicyclic) bond motifs is 2. The maximum absolute atomic E-state index is 12.2. The van der Waals surface area contributed by atoms with Crippen molar-refractivity contribution in [1.29, 1.82) is 0 Å². The lowest BCUT2D eigenvalue weighted by molar-refractivity contribution is -0.141. The van der Waals surface area contributed by atoms with Gasteiger partial charge < -0.3 is 20.3 Å². The van der Waals surface area contributed by atoms with Crippen LogP contribution in [0.4, 0.5) is 0 Å². The van der Waals surface area contributed by atoms with Gasteiger partial charge in [0.1, 0.15) is 17.5 Å². The van der Waals surface area contributed by atoms with Crippen LogP contribution in [0.2, 0.25) is 0 Å². The number of carbonyl (C=O) groups is 2. The molecule has 2 aliphatic rings. The topological polar surface area (TPSA) is 95.9 Å². The van der Waals surface area contributed by atoms with Crippen LogP contribution in [0.25, 0.3) is 0 Å². The van der Waals surface area contributed by atoms with E-state index in [1.807, 2.05) is 48.5 Å². The molecule has 0 radical (unpaired) electrons. The number of nitrogens with one attached hydrogen (secondary N) is 1. The van der Waals surface area contributed by atoms with E-state index in [1.54, 1.807) is 0 Å². The van der Waals surface area contributed by atoms with E-state index in [0.717, 1.165) is 54.7 Å². The van der Waals surface area contributed by atoms with E-state index >= 15 is 0 Å². The van der Waals surface area contributed by atoms with Gasteiger partial charge in [-0.05, 0) is 30.9 Å². The third-order valence-corrected chi connectivity index (χ3v) is 6.82. The van der Waals surface area contributed by atoms with Crippen LogP contribution in [-0.2, 0) is 9.59 Å². The summed E-state index contributed by atoms with van der Waals surface area (Å²) < 4.78 is 6.03. The van der Waals surface area contributed by atoms with Gasteiger partial charge in [0.05, 0.1) is 5.92 Å². The molecule has 2 aromatic rings. The SMILES string of the molecule is CCCCCCC1C(NC(CC2c3ccccc3Oc3ccccc32)C(=O)O)C1C(=O)O. The molecule has 3 N–H and O–H groups in total. The number of carboxylic acids is 2. The van der Waals surface area contributed by atoms with Crippen molar-refractivity contribution in [3.8, 4) is 11.5 Å². The van der Waals surface area contributed by atoms with Crippen LogP contribution in [0.5, 0.6) is 11.5 Å². The summed E-state index contributed by atoms with van der Waals surface area (Å²) in [6.45, 7) is 2.14. The van der Waals surface area contributed by atoms with Crippen molar-refractivity contribution in [2.24, 2.45) is 11.8 Å². The molecular weight excluding hydrogens is 406 g/mol. The first-order valence-electron chi connectivity index (χ1n) is 11.6. The second-order valence-electron chi connectivity index (χ2n) is 8.93. The molecule has 32 heavy (non-hydrogen) atoms. The molecular formula is C26H31NO5. The lowest BCUT2D eigenvalue weighted by Crippen LogP contribution is -2.41. The summed E-state index contributed by atoms with van der Waals surface area (Å²) in [5.74, 6) is -0.961. The Morgan fingerprint density at radius 1 is 0.969 bits per heavy atom. The largest absolute Gasteiger partial charge is 0.481 e. The van der Waals surface area contributed by atoms with E-state index in [-0.39, 0.29) is 17.9 Å². The van der Waals surface area contributed by atoms with Gasteiger partial charge in [0, 0.05) is 23.1 Å². The fourth-order valence-corrected chi connectivity index (χ4v) is 5.07. The number of hydrogen-bond acceptors (Lipinski definition) is 4. The molecule has 2 aromatic carbocycles. The van der Waals surface area contributed by atoms with Crippen molar-refractivity contribution in [1.82, 2.24) is 5.32 Å². The number of hydrogen-bond donors (Lipinski definition) is 3. The summed E-state index contributed by atoms with van der Waals surface area (Å²) in [6.07, 6.45) is 5.50. The van der Waals surface area contributed by atoms with E-state index in [0.29, 0.717) is 6.42 Å². The van der Waals surface area contributed by atoms with Crippen molar-refractivity contribution in [3.63, 3.8) is 0 Å². The molecule has 0 saturated heterocycles. The monoisotopic (exact) mass is 437 g/mol. The number of para-hydroxylation sites is 2. The zero-order valence-corrected chi connectivity index (χ0v) is 18.4. The smallest absolute Gasteiger partial charge is 0.320 e. The normalized spacial score (nSPS) is 22.3. The lowest BCUT2D eigenvalue weighted by atomic mass is 9.83. The Hall–Kier alpha value is -2.86. The standard InChI is InChI=1S/C26H31NO5/c1-2-3-4-5-12-18-23(26(30)31)24(18)27-20(25(28)29)15-19-16-10-6-8-13-21(16)32-22-14-9-7-11-17(19)22/h6-11,13-14,18-20,23-24,27H,2-5,12,15H2,1H3,(H,28,29)(H,30,31). The van der Waals surface area contributed by atoms with Gasteiger partial charge in [0.15, 0.2) is 0 Å². The number of ether oxygens (including phenoxy) is 1. The van der Waals surface area contributed by atoms with Crippen molar-refractivity contribution in [2.45, 2.75) is 63.5 Å². The van der Waals surface area contributed by atoms with Crippen LogP contribution in [0.15, 0.2) is 48.5 Å². The molecule has 1 aliphatic carbocycles. The molecule has 4 atom stereocenters. The van der Waals surface area contributed by atoms with Crippen molar-refractivity contribution in [2.75, 3.05) is 0 Å². The van der Waals surface area contributed by atoms with Gasteiger partial charge in [-0.25, -0.2) is 0 Å². The number of aliphatic carboxylic acids is 2. The number of benzene rings is 2. The molecule has 1 saturated carbocycles. The van der Waals surface area contributed by atoms with Gasteiger partial charge in [0.25, 0.3) is 0 Å². The Morgan fingerprint density at radius 3 is 2.16 bits per heavy atom. The molecule has 4 unspecified atom stereocenters. The third kappa shape index (κ3) is 4.65. The highest BCUT2D eigenvalue weighted by Crippen LogP contribution is 2.47. The molecule has 6 nitrogen and oxygen atoms in total. The summed E-state index contributed by atoms with van der Waals surface area (Å²) in [6, 6.07) is 14.3. The maximum Gasteiger partial charge on any atom is 0.320 e. The summed E-state index contributed by atoms with van der Waals surface area (Å²) >= 11 is 0. The Morgan fingerprint density at radius 2 is 1.59 bits per heavy atom. The Bertz CT molecular complexity index is 929. The molecule has 0 bridgehead atoms. The van der Waals surface area contributed by atoms with E-state index in [2.05, 4.69) is 12.2 Å². The first-order chi connectivity index (χ1) is 15.5. The first-order valence-corrected chi connectivity index (χ1v) is 11.6. The summed E-state index contributed by atoms with van der Waals surface area (Å²) in [7, 11) is 0. The fraction of sp³-hybridized carbons (Fsp3) is 0.462. The predicted molar refractivity (Wildman–Crippen MR) is 121 cm³/mol. The summed E-state index contributed by atoms with van der Waals surface area (Å²) in [5.41, 5.74) is 1.92. The minimum Gasteiger partial charge on any atom is -0.481 e. The molecule has 1 fully saturated rings. The van der Waals surface area contributed by atoms with Crippen molar-refractivity contribution < 1.29 is 24.5 Å². The van der Waals surface area contributed by atoms with Crippen LogP contribution >= 0.6 is 0 Å². The molecule has 0 spiro atoms. The molecule has 6 heteroatoms. The van der Waals surface area contributed by atoms with Crippen LogP contribution in [-0.4, -0.2) is 34.2 Å². The zero-order chi connectivity index (χ0) is 22.7. The Labute approximate surface area is 188 Å². The molecule has 0 amide bonds. The average molecular weight is 438 g/mol. The minimum absolute atomic E-state index is 0.000433. The molecule has 170 valence electrons. The highest BCUT2D eigenvalue weighted by Gasteiger charge is 2.55. The highest BCUT2D eigenvalue weighted by molar-refractivity contribution is 5.77. The third-order valence-electron chi connectivity index (χ3n) is 6.82. The van der Waals surface area contributed by atoms with Crippen LogP contribution in [0.1, 0.15) is 62.5 Å². The highest BCUT2D eigenvalue weighted by atomic mass is 16.5. The number of unbranched alkanes of at least 4 members (excludes halogenated alkanes) is 3. The average Bonchev–Trinajstić information content (AvgIpc) is 3.48. The van der Waals surface area contributed by atoms with Gasteiger partial charge >= 0.3 is 11.9 Å². The maximum atomic E-state index is 12.2. The fourth-order valence-electron chi connectivity index (χ4n) is 5.07. The second kappa shape index (κ2) is 9.74. The molecule has 0 aromatic heterocycles. The molecule has 4 rings (SSSR count). The van der Waals surface area contributed by atoms with E-state index in [1.165, 1.54) is 0 Å². The van der Waals surface area contributed by atoms with E-state index in [9.17, 15) is 19.8 Å². The van der Waals surface area contributed by atoms with Gasteiger partial charge in [-0.1, -0.05) is 69.0 Å². The van der Waals surface area contributed by atoms with Crippen molar-refractivity contribution >= 4 is 11.9 Å². The second-order valence-corrected chi connectivity index (χ2v) is 8.93. The van der Waals surface area contributed by atoms with Gasteiger partial charge in [0.2, 0.25) is 0 Å².